The van der Waals surface area contributed by atoms with Crippen LogP contribution in [0.1, 0.15) is 18.4 Å². The number of nitrogens with two attached hydrogens (primary N) is 2. The van der Waals surface area contributed by atoms with E-state index in [1.54, 1.807) is 0 Å². The molecule has 1 aliphatic carbocycles. The van der Waals surface area contributed by atoms with Crippen molar-refractivity contribution in [1.29, 1.82) is 0 Å². The quantitative estimate of drug-likeness (QED) is 0.257. The average molecular weight is 419 g/mol. The predicted octanol–water partition coefficient (Wildman–Crippen LogP) is 1.95. The molecule has 2 aliphatic rings. The Kier molecular flexibility index (Phi) is 5.51. The van der Waals surface area contributed by atoms with Crippen LogP contribution in [0, 0.1) is 11.7 Å². The molecule has 9 heteroatoms. The molecular weight excluding hydrogens is 403 g/mol. The molecule has 3 rings (SSSR count). The number of amidine groups is 1. The summed E-state index contributed by atoms with van der Waals surface area (Å²) in [5.74, 6) is 5.42. The van der Waals surface area contributed by atoms with Crippen molar-refractivity contribution in [3.8, 4) is 5.75 Å². The van der Waals surface area contributed by atoms with Crippen LogP contribution in [-0.4, -0.2) is 25.5 Å². The standard InChI is InChI=1S/C13H16ClFN5O.Pd/c14-8-5-9-12(10(11(8)15)13(16)18-19-17)20(3-4-21-9)6-7-1-2-7;/h5,7H,1-4,6,17H2,(H2,16,18);/q-1;. The molecule has 124 valence electrons. The third kappa shape index (κ3) is 3.30. The van der Waals surface area contributed by atoms with E-state index in [0.717, 1.165) is 6.54 Å². The number of ether oxygens (including phenoxy) is 1. The molecule has 6 nitrogen and oxygen atoms in total. The number of rotatable bonds is 4. The van der Waals surface area contributed by atoms with E-state index in [2.05, 4.69) is 15.5 Å². The van der Waals surface area contributed by atoms with Crippen molar-refractivity contribution >= 4 is 23.1 Å². The van der Waals surface area contributed by atoms with Crippen LogP contribution in [0.15, 0.2) is 11.2 Å². The van der Waals surface area contributed by atoms with Gasteiger partial charge in [-0.15, -0.1) is 0 Å². The molecule has 1 saturated carbocycles. The van der Waals surface area contributed by atoms with Gasteiger partial charge in [-0.25, -0.2) is 4.39 Å². The zero-order valence-corrected chi connectivity index (χ0v) is 14.0. The molecule has 1 aromatic carbocycles. The van der Waals surface area contributed by atoms with E-state index in [1.165, 1.54) is 18.9 Å². The summed E-state index contributed by atoms with van der Waals surface area (Å²) in [5, 5.41) is 3.49. The maximum absolute atomic E-state index is 14.4. The first-order valence-corrected chi connectivity index (χ1v) is 7.13. The molecule has 4 N–H and O–H groups in total. The van der Waals surface area contributed by atoms with Crippen LogP contribution in [0.3, 0.4) is 0 Å². The average Bonchev–Trinajstić information content (AvgIpc) is 3.25. The zero-order valence-electron chi connectivity index (χ0n) is 11.7. The van der Waals surface area contributed by atoms with Gasteiger partial charge >= 0.3 is 0 Å². The maximum Gasteiger partial charge on any atom is 0.155 e. The summed E-state index contributed by atoms with van der Waals surface area (Å²) in [6.07, 6.45) is 2.39. The molecule has 0 amide bonds. The molecule has 1 aliphatic heterocycles. The molecule has 0 radical (unpaired) electrons. The fraction of sp³-hybridized carbons (Fsp3) is 0.462. The minimum absolute atomic E-state index is 0. The summed E-state index contributed by atoms with van der Waals surface area (Å²) in [4.78, 5) is 2.07. The third-order valence-corrected chi connectivity index (χ3v) is 3.96. The van der Waals surface area contributed by atoms with Gasteiger partial charge in [-0.05, 0) is 18.8 Å². The second kappa shape index (κ2) is 7.01. The second-order valence-corrected chi connectivity index (χ2v) is 5.64. The Balaban J connectivity index is 0.00000176. The number of anilines is 1. The summed E-state index contributed by atoms with van der Waals surface area (Å²) in [7, 11) is 0. The molecule has 0 saturated heterocycles. The Morgan fingerprint density at radius 3 is 2.91 bits per heavy atom. The van der Waals surface area contributed by atoms with Gasteiger partial charge < -0.3 is 31.8 Å². The van der Waals surface area contributed by atoms with Crippen molar-refractivity contribution < 1.29 is 29.6 Å². The van der Waals surface area contributed by atoms with Crippen LogP contribution in [-0.2, 0) is 20.4 Å². The van der Waals surface area contributed by atoms with Gasteiger partial charge in [0.25, 0.3) is 0 Å². The van der Waals surface area contributed by atoms with Gasteiger partial charge in [-0.3, -0.25) is 0 Å². The minimum atomic E-state index is -0.633. The number of benzene rings is 1. The molecule has 0 atom stereocenters. The number of hydrogen-bond donors (Lipinski definition) is 2. The maximum atomic E-state index is 14.4. The van der Waals surface area contributed by atoms with E-state index in [1.807, 2.05) is 0 Å². The Hall–Kier alpha value is -1.07. The van der Waals surface area contributed by atoms with Crippen LogP contribution < -0.4 is 21.2 Å². The van der Waals surface area contributed by atoms with Gasteiger partial charge in [0.1, 0.15) is 18.2 Å². The Bertz CT molecular complexity index is 596. The van der Waals surface area contributed by atoms with Crippen LogP contribution in [0.25, 0.3) is 5.53 Å². The van der Waals surface area contributed by atoms with Crippen molar-refractivity contribution in [2.45, 2.75) is 12.8 Å². The van der Waals surface area contributed by atoms with E-state index >= 15 is 0 Å². The van der Waals surface area contributed by atoms with Gasteiger partial charge in [-0.1, -0.05) is 11.6 Å². The Labute approximate surface area is 146 Å². The monoisotopic (exact) mass is 418 g/mol. The van der Waals surface area contributed by atoms with E-state index in [0.29, 0.717) is 30.5 Å². The molecule has 1 aromatic rings. The number of nitrogens with zero attached hydrogens (tertiary/aromatic N) is 3. The largest absolute Gasteiger partial charge is 0.541 e. The number of fused-ring (bicyclic) bond motifs is 1. The molecule has 0 bridgehead atoms. The van der Waals surface area contributed by atoms with E-state index in [-0.39, 0.29) is 36.8 Å². The Morgan fingerprint density at radius 2 is 2.27 bits per heavy atom. The summed E-state index contributed by atoms with van der Waals surface area (Å²) >= 11 is 5.91. The summed E-state index contributed by atoms with van der Waals surface area (Å²) in [6, 6.07) is 1.47. The zero-order chi connectivity index (χ0) is 15.0. The molecule has 1 heterocycles. The topological polar surface area (TPSA) is 91.0 Å². The predicted molar refractivity (Wildman–Crippen MR) is 80.1 cm³/mol. The first kappa shape index (κ1) is 17.3. The second-order valence-electron chi connectivity index (χ2n) is 5.23. The van der Waals surface area contributed by atoms with Crippen molar-refractivity contribution in [2.75, 3.05) is 24.6 Å². The SMILES string of the molecule is N[N-]/N=C(\N)c1c(F)c(Cl)cc2c1N(CC1CC1)CCO2.[Pd]. The van der Waals surface area contributed by atoms with Crippen molar-refractivity contribution in [3.63, 3.8) is 0 Å². The molecule has 22 heavy (non-hydrogen) atoms. The van der Waals surface area contributed by atoms with E-state index in [9.17, 15) is 4.39 Å². The number of halogens is 2. The molecule has 0 spiro atoms. The molecule has 0 aromatic heterocycles. The molecule has 1 fully saturated rings. The van der Waals surface area contributed by atoms with E-state index in [4.69, 9.17) is 27.9 Å². The van der Waals surface area contributed by atoms with Gasteiger partial charge in [-0.2, -0.15) is 0 Å². The minimum Gasteiger partial charge on any atom is -0.541 e. The van der Waals surface area contributed by atoms with Crippen LogP contribution in [0.2, 0.25) is 5.02 Å². The normalized spacial score (nSPS) is 17.4. The fourth-order valence-electron chi connectivity index (χ4n) is 2.54. The van der Waals surface area contributed by atoms with Crippen LogP contribution >= 0.6 is 11.6 Å². The van der Waals surface area contributed by atoms with Crippen LogP contribution in [0.5, 0.6) is 5.75 Å². The van der Waals surface area contributed by atoms with Crippen molar-refractivity contribution in [1.82, 2.24) is 0 Å². The van der Waals surface area contributed by atoms with E-state index < -0.39 is 5.82 Å². The first-order valence-electron chi connectivity index (χ1n) is 6.75. The van der Waals surface area contributed by atoms with Crippen molar-refractivity contribution in [3.05, 3.63) is 28.0 Å². The smallest absolute Gasteiger partial charge is 0.155 e. The van der Waals surface area contributed by atoms with Gasteiger partial charge in [0.05, 0.1) is 22.8 Å². The fourth-order valence-corrected chi connectivity index (χ4v) is 2.73. The Morgan fingerprint density at radius 1 is 1.55 bits per heavy atom. The molecular formula is C13H16ClFN5OPd-. The summed E-state index contributed by atoms with van der Waals surface area (Å²) < 4.78 is 20.0. The van der Waals surface area contributed by atoms with Gasteiger partial charge in [0.15, 0.2) is 5.82 Å². The van der Waals surface area contributed by atoms with Crippen LogP contribution in [0.4, 0.5) is 10.1 Å². The van der Waals surface area contributed by atoms with Crippen molar-refractivity contribution in [2.24, 2.45) is 22.6 Å². The summed E-state index contributed by atoms with van der Waals surface area (Å²) in [6.45, 7) is 2.04. The number of hydrogen-bond acceptors (Lipinski definition) is 4. The third-order valence-electron chi connectivity index (χ3n) is 3.69. The molecule has 0 unspecified atom stereocenters. The first-order chi connectivity index (χ1) is 10.1. The van der Waals surface area contributed by atoms with Gasteiger partial charge in [0.2, 0.25) is 0 Å². The summed E-state index contributed by atoms with van der Waals surface area (Å²) in [5.41, 5.74) is 9.61. The van der Waals surface area contributed by atoms with Gasteiger partial charge in [0, 0.05) is 33.0 Å².